The van der Waals surface area contributed by atoms with Crippen LogP contribution in [0.15, 0.2) is 60.8 Å². The number of benzene rings is 2. The molecular formula is C25H22N2O4. The van der Waals surface area contributed by atoms with E-state index in [1.807, 2.05) is 18.2 Å². The molecule has 0 unspecified atom stereocenters. The van der Waals surface area contributed by atoms with E-state index < -0.39 is 5.97 Å². The van der Waals surface area contributed by atoms with Crippen molar-refractivity contribution in [1.82, 2.24) is 4.98 Å². The van der Waals surface area contributed by atoms with Crippen LogP contribution in [0.3, 0.4) is 0 Å². The second-order valence-corrected chi connectivity index (χ2v) is 8.41. The van der Waals surface area contributed by atoms with Crippen molar-refractivity contribution in [3.05, 3.63) is 66.4 Å². The summed E-state index contributed by atoms with van der Waals surface area (Å²) in [5.41, 5.74) is 1.45. The number of carbonyl (C=O) groups excluding carboxylic acids is 3. The molecule has 2 amide bonds. The lowest BCUT2D eigenvalue weighted by Gasteiger charge is -2.25. The van der Waals surface area contributed by atoms with Crippen LogP contribution in [0.5, 0.6) is 5.75 Å². The Morgan fingerprint density at radius 2 is 1.71 bits per heavy atom. The van der Waals surface area contributed by atoms with Gasteiger partial charge in [-0.25, -0.2) is 4.79 Å². The van der Waals surface area contributed by atoms with E-state index in [1.54, 1.807) is 42.6 Å². The minimum Gasteiger partial charge on any atom is -0.421 e. The maximum absolute atomic E-state index is 12.9. The normalized spacial score (nSPS) is 23.1. The van der Waals surface area contributed by atoms with Gasteiger partial charge in [-0.3, -0.25) is 19.5 Å². The van der Waals surface area contributed by atoms with E-state index in [1.165, 1.54) is 4.90 Å². The van der Waals surface area contributed by atoms with Gasteiger partial charge in [0.1, 0.15) is 5.52 Å². The lowest BCUT2D eigenvalue weighted by Crippen LogP contribution is -2.30. The summed E-state index contributed by atoms with van der Waals surface area (Å²) < 4.78 is 5.56. The van der Waals surface area contributed by atoms with Crippen molar-refractivity contribution in [2.75, 3.05) is 4.90 Å². The second kappa shape index (κ2) is 7.61. The molecule has 0 radical (unpaired) electrons. The Morgan fingerprint density at radius 1 is 0.968 bits per heavy atom. The minimum atomic E-state index is -0.522. The van der Waals surface area contributed by atoms with Crippen molar-refractivity contribution in [2.45, 2.75) is 26.2 Å². The molecule has 1 aromatic heterocycles. The van der Waals surface area contributed by atoms with Crippen LogP contribution in [0.25, 0.3) is 10.9 Å². The molecule has 3 aromatic rings. The van der Waals surface area contributed by atoms with Crippen LogP contribution in [0, 0.1) is 17.8 Å². The molecule has 2 fully saturated rings. The van der Waals surface area contributed by atoms with Gasteiger partial charge in [-0.05, 0) is 61.6 Å². The fourth-order valence-corrected chi connectivity index (χ4v) is 4.71. The first-order valence-corrected chi connectivity index (χ1v) is 10.6. The molecule has 5 rings (SSSR count). The topological polar surface area (TPSA) is 76.6 Å². The Morgan fingerprint density at radius 3 is 2.52 bits per heavy atom. The van der Waals surface area contributed by atoms with Gasteiger partial charge in [0.25, 0.3) is 0 Å². The summed E-state index contributed by atoms with van der Waals surface area (Å²) in [6.45, 7) is 2.13. The first kappa shape index (κ1) is 19.4. The molecule has 156 valence electrons. The number of para-hydroxylation sites is 1. The number of hydrogen-bond donors (Lipinski definition) is 0. The number of pyridine rings is 1. The highest BCUT2D eigenvalue weighted by Gasteiger charge is 2.49. The quantitative estimate of drug-likeness (QED) is 0.361. The van der Waals surface area contributed by atoms with Crippen LogP contribution in [0.2, 0.25) is 0 Å². The van der Waals surface area contributed by atoms with Crippen LogP contribution >= 0.6 is 0 Å². The van der Waals surface area contributed by atoms with E-state index in [0.717, 1.165) is 24.6 Å². The van der Waals surface area contributed by atoms with Crippen LogP contribution in [-0.4, -0.2) is 22.8 Å². The molecular weight excluding hydrogens is 392 g/mol. The molecule has 2 aromatic carbocycles. The highest BCUT2D eigenvalue weighted by Crippen LogP contribution is 2.42. The molecule has 6 nitrogen and oxygen atoms in total. The molecule has 0 spiro atoms. The summed E-state index contributed by atoms with van der Waals surface area (Å²) in [5.74, 6) is -0.370. The summed E-state index contributed by atoms with van der Waals surface area (Å²) in [4.78, 5) is 44.0. The second-order valence-electron chi connectivity index (χ2n) is 8.41. The Balaban J connectivity index is 1.36. The van der Waals surface area contributed by atoms with E-state index in [0.29, 0.717) is 28.4 Å². The predicted octanol–water partition coefficient (Wildman–Crippen LogP) is 4.38. The van der Waals surface area contributed by atoms with Gasteiger partial charge in [-0.2, -0.15) is 0 Å². The SMILES string of the molecule is C[C@@H]1CC[C@H]2C(=O)N(c3ccc(C(=O)Oc4cccc5cccnc45)cc3)C(=O)[C@@H]2C1. The number of imide groups is 1. The van der Waals surface area contributed by atoms with Crippen LogP contribution in [-0.2, 0) is 9.59 Å². The fraction of sp³-hybridized carbons (Fsp3) is 0.280. The smallest absolute Gasteiger partial charge is 0.343 e. The molecule has 1 saturated carbocycles. The standard InChI is InChI=1S/C25H22N2O4/c1-15-7-12-19-20(14-15)24(29)27(23(19)28)18-10-8-17(9-11-18)25(30)31-21-6-2-4-16-5-3-13-26-22(16)21/h2-6,8-11,13,15,19-20H,7,12,14H2,1H3/t15-,19-,20-/m1/s1. The highest BCUT2D eigenvalue weighted by atomic mass is 16.5. The zero-order chi connectivity index (χ0) is 21.5. The van der Waals surface area contributed by atoms with Gasteiger partial charge in [0, 0.05) is 11.6 Å². The average Bonchev–Trinajstić information content (AvgIpc) is 3.03. The third-order valence-electron chi connectivity index (χ3n) is 6.35. The monoisotopic (exact) mass is 414 g/mol. The third-order valence-corrected chi connectivity index (χ3v) is 6.35. The maximum atomic E-state index is 12.9. The van der Waals surface area contributed by atoms with E-state index in [-0.39, 0.29) is 23.7 Å². The van der Waals surface area contributed by atoms with Gasteiger partial charge in [0.15, 0.2) is 5.75 Å². The Kier molecular flexibility index (Phi) is 4.77. The van der Waals surface area contributed by atoms with Crippen molar-refractivity contribution >= 4 is 34.4 Å². The average molecular weight is 414 g/mol. The molecule has 1 aliphatic carbocycles. The molecule has 0 bridgehead atoms. The largest absolute Gasteiger partial charge is 0.421 e. The molecule has 3 atom stereocenters. The van der Waals surface area contributed by atoms with Crippen LogP contribution < -0.4 is 9.64 Å². The number of aromatic nitrogens is 1. The predicted molar refractivity (Wildman–Crippen MR) is 116 cm³/mol. The molecule has 2 aliphatic rings. The fourth-order valence-electron chi connectivity index (χ4n) is 4.71. The summed E-state index contributed by atoms with van der Waals surface area (Å²) >= 11 is 0. The zero-order valence-electron chi connectivity index (χ0n) is 17.2. The van der Waals surface area contributed by atoms with E-state index in [4.69, 9.17) is 4.74 Å². The van der Waals surface area contributed by atoms with Gasteiger partial charge >= 0.3 is 5.97 Å². The number of esters is 1. The number of nitrogens with zero attached hydrogens (tertiary/aromatic N) is 2. The van der Waals surface area contributed by atoms with E-state index >= 15 is 0 Å². The summed E-state index contributed by atoms with van der Waals surface area (Å²) in [7, 11) is 0. The molecule has 1 saturated heterocycles. The lowest BCUT2D eigenvalue weighted by molar-refractivity contribution is -0.122. The van der Waals surface area contributed by atoms with Crippen molar-refractivity contribution in [3.63, 3.8) is 0 Å². The van der Waals surface area contributed by atoms with Gasteiger partial charge in [0.2, 0.25) is 11.8 Å². The summed E-state index contributed by atoms with van der Waals surface area (Å²) in [5, 5.41) is 0.880. The van der Waals surface area contributed by atoms with Crippen molar-refractivity contribution < 1.29 is 19.1 Å². The first-order valence-electron chi connectivity index (χ1n) is 10.6. The number of ether oxygens (including phenoxy) is 1. The molecule has 31 heavy (non-hydrogen) atoms. The van der Waals surface area contributed by atoms with Gasteiger partial charge in [-0.15, -0.1) is 0 Å². The van der Waals surface area contributed by atoms with Crippen molar-refractivity contribution in [1.29, 1.82) is 0 Å². The number of fused-ring (bicyclic) bond motifs is 2. The van der Waals surface area contributed by atoms with Crippen LogP contribution in [0.1, 0.15) is 36.5 Å². The van der Waals surface area contributed by atoms with Crippen molar-refractivity contribution in [2.24, 2.45) is 17.8 Å². The Labute approximate surface area is 179 Å². The first-order chi connectivity index (χ1) is 15.0. The number of amides is 2. The maximum Gasteiger partial charge on any atom is 0.343 e. The lowest BCUT2D eigenvalue weighted by atomic mass is 9.76. The van der Waals surface area contributed by atoms with Crippen LogP contribution in [0.4, 0.5) is 5.69 Å². The third kappa shape index (κ3) is 3.38. The minimum absolute atomic E-state index is 0.126. The van der Waals surface area contributed by atoms with E-state index in [9.17, 15) is 14.4 Å². The molecule has 1 aliphatic heterocycles. The molecule has 0 N–H and O–H groups in total. The number of anilines is 1. The van der Waals surface area contributed by atoms with Gasteiger partial charge in [0.05, 0.1) is 23.1 Å². The molecule has 6 heteroatoms. The van der Waals surface area contributed by atoms with Crippen molar-refractivity contribution in [3.8, 4) is 5.75 Å². The van der Waals surface area contributed by atoms with E-state index in [2.05, 4.69) is 11.9 Å². The Bertz CT molecular complexity index is 1180. The van der Waals surface area contributed by atoms with Gasteiger partial charge < -0.3 is 4.74 Å². The number of carbonyl (C=O) groups is 3. The zero-order valence-corrected chi connectivity index (χ0v) is 17.2. The molecule has 2 heterocycles. The summed E-state index contributed by atoms with van der Waals surface area (Å²) in [6, 6.07) is 15.6. The Hall–Kier alpha value is -3.54. The number of hydrogen-bond acceptors (Lipinski definition) is 5. The van der Waals surface area contributed by atoms with Gasteiger partial charge in [-0.1, -0.05) is 25.1 Å². The highest BCUT2D eigenvalue weighted by molar-refractivity contribution is 6.22. The summed E-state index contributed by atoms with van der Waals surface area (Å²) in [6.07, 6.45) is 4.14. The number of rotatable bonds is 3.